The van der Waals surface area contributed by atoms with Crippen LogP contribution in [-0.2, 0) is 11.3 Å². The number of hydrogen-bond acceptors (Lipinski definition) is 5. The highest BCUT2D eigenvalue weighted by molar-refractivity contribution is 5.44. The van der Waals surface area contributed by atoms with Gasteiger partial charge in [0.1, 0.15) is 0 Å². The van der Waals surface area contributed by atoms with E-state index in [9.17, 15) is 0 Å². The summed E-state index contributed by atoms with van der Waals surface area (Å²) in [6.45, 7) is 2.51. The van der Waals surface area contributed by atoms with Crippen molar-refractivity contribution in [3.8, 4) is 11.5 Å². The number of benzene rings is 1. The maximum absolute atomic E-state index is 5.54. The van der Waals surface area contributed by atoms with Crippen LogP contribution in [0.25, 0.3) is 0 Å². The molecule has 0 saturated heterocycles. The van der Waals surface area contributed by atoms with Crippen LogP contribution in [0.1, 0.15) is 18.4 Å². The minimum absolute atomic E-state index is 0.314. The summed E-state index contributed by atoms with van der Waals surface area (Å²) in [6.07, 6.45) is 2.02. The molecule has 2 rings (SSSR count). The number of ether oxygens (including phenoxy) is 3. The smallest absolute Gasteiger partial charge is 0.231 e. The molecule has 0 saturated carbocycles. The van der Waals surface area contributed by atoms with E-state index in [1.165, 1.54) is 5.56 Å². The number of hydrogen-bond donors (Lipinski definition) is 2. The van der Waals surface area contributed by atoms with E-state index in [2.05, 4.69) is 5.32 Å². The van der Waals surface area contributed by atoms with Crippen LogP contribution in [-0.4, -0.2) is 33.1 Å². The second-order valence-corrected chi connectivity index (χ2v) is 4.65. The summed E-state index contributed by atoms with van der Waals surface area (Å²) in [6, 6.07) is 6.35. The van der Waals surface area contributed by atoms with Crippen molar-refractivity contribution in [2.24, 2.45) is 5.73 Å². The molecule has 3 N–H and O–H groups in total. The minimum atomic E-state index is 0.314. The van der Waals surface area contributed by atoms with Crippen LogP contribution in [0.2, 0.25) is 0 Å². The van der Waals surface area contributed by atoms with E-state index >= 15 is 0 Å². The lowest BCUT2D eigenvalue weighted by Crippen LogP contribution is -2.33. The molecule has 1 heterocycles. The van der Waals surface area contributed by atoms with Gasteiger partial charge in [0.15, 0.2) is 11.5 Å². The zero-order valence-corrected chi connectivity index (χ0v) is 11.4. The molecule has 0 amide bonds. The quantitative estimate of drug-likeness (QED) is 0.741. The molecule has 106 valence electrons. The second kappa shape index (κ2) is 7.33. The molecular weight excluding hydrogens is 244 g/mol. The Morgan fingerprint density at radius 1 is 1.37 bits per heavy atom. The van der Waals surface area contributed by atoms with Crippen molar-refractivity contribution in [1.82, 2.24) is 5.32 Å². The molecule has 1 aliphatic rings. The molecule has 1 atom stereocenters. The average molecular weight is 266 g/mol. The van der Waals surface area contributed by atoms with Gasteiger partial charge in [0.25, 0.3) is 0 Å². The second-order valence-electron chi connectivity index (χ2n) is 4.65. The van der Waals surface area contributed by atoms with Gasteiger partial charge in [-0.15, -0.1) is 0 Å². The number of rotatable bonds is 8. The summed E-state index contributed by atoms with van der Waals surface area (Å²) < 4.78 is 15.9. The summed E-state index contributed by atoms with van der Waals surface area (Å²) in [5.74, 6) is 1.64. The zero-order valence-electron chi connectivity index (χ0n) is 11.4. The Hall–Kier alpha value is -1.30. The Bertz CT molecular complexity index is 398. The van der Waals surface area contributed by atoms with Gasteiger partial charge in [0, 0.05) is 19.7 Å². The van der Waals surface area contributed by atoms with Crippen LogP contribution in [0.4, 0.5) is 0 Å². The molecule has 0 radical (unpaired) electrons. The van der Waals surface area contributed by atoms with Crippen molar-refractivity contribution >= 4 is 0 Å². The molecule has 0 spiro atoms. The molecule has 19 heavy (non-hydrogen) atoms. The summed E-state index contributed by atoms with van der Waals surface area (Å²) in [5, 5.41) is 3.49. The first kappa shape index (κ1) is 14.1. The SMILES string of the molecule is COCC(CCCN)NCc1ccc2c(c1)OCO2. The molecule has 1 unspecified atom stereocenters. The third-order valence-electron chi connectivity index (χ3n) is 3.16. The van der Waals surface area contributed by atoms with E-state index in [4.69, 9.17) is 19.9 Å². The molecule has 0 aromatic heterocycles. The number of methoxy groups -OCH3 is 1. The van der Waals surface area contributed by atoms with Gasteiger partial charge in [-0.05, 0) is 37.1 Å². The first-order valence-electron chi connectivity index (χ1n) is 6.64. The minimum Gasteiger partial charge on any atom is -0.454 e. The summed E-state index contributed by atoms with van der Waals surface area (Å²) in [4.78, 5) is 0. The van der Waals surface area contributed by atoms with Gasteiger partial charge in [-0.25, -0.2) is 0 Å². The standard InChI is InChI=1S/C14H22N2O3/c1-17-9-12(3-2-6-15)16-8-11-4-5-13-14(7-11)19-10-18-13/h4-5,7,12,16H,2-3,6,8-10,15H2,1H3. The number of nitrogens with two attached hydrogens (primary N) is 1. The van der Waals surface area contributed by atoms with E-state index in [0.29, 0.717) is 26.0 Å². The van der Waals surface area contributed by atoms with Crippen molar-refractivity contribution in [3.63, 3.8) is 0 Å². The topological polar surface area (TPSA) is 65.7 Å². The Morgan fingerprint density at radius 3 is 3.00 bits per heavy atom. The first-order chi connectivity index (χ1) is 9.33. The van der Waals surface area contributed by atoms with Crippen molar-refractivity contribution in [1.29, 1.82) is 0 Å². The van der Waals surface area contributed by atoms with Gasteiger partial charge in [-0.1, -0.05) is 6.07 Å². The van der Waals surface area contributed by atoms with Gasteiger partial charge in [0.2, 0.25) is 6.79 Å². The fraction of sp³-hybridized carbons (Fsp3) is 0.571. The predicted molar refractivity (Wildman–Crippen MR) is 73.4 cm³/mol. The highest BCUT2D eigenvalue weighted by Gasteiger charge is 2.14. The third kappa shape index (κ3) is 4.09. The molecule has 5 heteroatoms. The average Bonchev–Trinajstić information content (AvgIpc) is 2.89. The maximum atomic E-state index is 5.54. The van der Waals surface area contributed by atoms with Crippen LogP contribution in [0.3, 0.4) is 0 Å². The highest BCUT2D eigenvalue weighted by atomic mass is 16.7. The van der Waals surface area contributed by atoms with Crippen LogP contribution >= 0.6 is 0 Å². The van der Waals surface area contributed by atoms with E-state index in [-0.39, 0.29) is 0 Å². The predicted octanol–water partition coefficient (Wildman–Crippen LogP) is 1.26. The molecule has 1 aliphatic heterocycles. The van der Waals surface area contributed by atoms with Crippen LogP contribution < -0.4 is 20.5 Å². The monoisotopic (exact) mass is 266 g/mol. The Labute approximate surface area is 114 Å². The summed E-state index contributed by atoms with van der Waals surface area (Å²) >= 11 is 0. The highest BCUT2D eigenvalue weighted by Crippen LogP contribution is 2.32. The van der Waals surface area contributed by atoms with E-state index in [1.54, 1.807) is 7.11 Å². The number of nitrogens with one attached hydrogen (secondary N) is 1. The van der Waals surface area contributed by atoms with Crippen LogP contribution in [0, 0.1) is 0 Å². The first-order valence-corrected chi connectivity index (χ1v) is 6.64. The van der Waals surface area contributed by atoms with Crippen molar-refractivity contribution < 1.29 is 14.2 Å². The molecule has 0 aliphatic carbocycles. The zero-order chi connectivity index (χ0) is 13.5. The maximum Gasteiger partial charge on any atom is 0.231 e. The van der Waals surface area contributed by atoms with Crippen molar-refractivity contribution in [2.75, 3.05) is 27.1 Å². The van der Waals surface area contributed by atoms with E-state index < -0.39 is 0 Å². The van der Waals surface area contributed by atoms with Gasteiger partial charge in [-0.3, -0.25) is 0 Å². The van der Waals surface area contributed by atoms with Crippen molar-refractivity contribution in [2.45, 2.75) is 25.4 Å². The third-order valence-corrected chi connectivity index (χ3v) is 3.16. The Kier molecular flexibility index (Phi) is 5.44. The number of fused-ring (bicyclic) bond motifs is 1. The van der Waals surface area contributed by atoms with Gasteiger partial charge < -0.3 is 25.3 Å². The fourth-order valence-electron chi connectivity index (χ4n) is 2.12. The van der Waals surface area contributed by atoms with E-state index in [0.717, 1.165) is 30.9 Å². The lowest BCUT2D eigenvalue weighted by molar-refractivity contribution is 0.161. The summed E-state index contributed by atoms with van der Waals surface area (Å²) in [7, 11) is 1.72. The van der Waals surface area contributed by atoms with Gasteiger partial charge >= 0.3 is 0 Å². The normalized spacial score (nSPS) is 14.6. The molecule has 1 aromatic carbocycles. The molecule has 0 bridgehead atoms. The van der Waals surface area contributed by atoms with Crippen molar-refractivity contribution in [3.05, 3.63) is 23.8 Å². The van der Waals surface area contributed by atoms with Gasteiger partial charge in [-0.2, -0.15) is 0 Å². The Morgan fingerprint density at radius 2 is 2.21 bits per heavy atom. The lowest BCUT2D eigenvalue weighted by atomic mass is 10.1. The van der Waals surface area contributed by atoms with Gasteiger partial charge in [0.05, 0.1) is 6.61 Å². The van der Waals surface area contributed by atoms with Crippen LogP contribution in [0.15, 0.2) is 18.2 Å². The lowest BCUT2D eigenvalue weighted by Gasteiger charge is -2.17. The fourth-order valence-corrected chi connectivity index (χ4v) is 2.12. The molecule has 1 aromatic rings. The van der Waals surface area contributed by atoms with E-state index in [1.807, 2.05) is 18.2 Å². The largest absolute Gasteiger partial charge is 0.454 e. The Balaban J connectivity index is 1.85. The molecule has 0 fully saturated rings. The molecular formula is C14H22N2O3. The molecule has 5 nitrogen and oxygen atoms in total. The summed E-state index contributed by atoms with van der Waals surface area (Å²) in [5.41, 5.74) is 6.72. The van der Waals surface area contributed by atoms with Crippen LogP contribution in [0.5, 0.6) is 11.5 Å².